The second-order valence-electron chi connectivity index (χ2n) is 14.1. The zero-order valence-electron chi connectivity index (χ0n) is 31.9. The third-order valence-corrected chi connectivity index (χ3v) is 9.52. The molecule has 0 aliphatic heterocycles. The van der Waals surface area contributed by atoms with Crippen LogP contribution in [0.15, 0.2) is 121 Å². The second kappa shape index (κ2) is 19.9. The van der Waals surface area contributed by atoms with Crippen molar-refractivity contribution in [1.82, 2.24) is 10.6 Å². The van der Waals surface area contributed by atoms with Crippen LogP contribution < -0.4 is 10.6 Å². The highest BCUT2D eigenvalue weighted by Crippen LogP contribution is 2.36. The van der Waals surface area contributed by atoms with Gasteiger partial charge < -0.3 is 29.6 Å². The van der Waals surface area contributed by atoms with Gasteiger partial charge in [-0.05, 0) is 58.1 Å². The maximum absolute atomic E-state index is 12.6. The summed E-state index contributed by atoms with van der Waals surface area (Å²) in [7, 11) is 1.27. The number of benzene rings is 4. The second-order valence-corrected chi connectivity index (χ2v) is 14.1. The molecule has 0 fully saturated rings. The Kier molecular flexibility index (Phi) is 15.2. The number of ether oxygens (including phenoxy) is 3. The van der Waals surface area contributed by atoms with Gasteiger partial charge in [0, 0.05) is 6.42 Å². The number of rotatable bonds is 14. The van der Waals surface area contributed by atoms with Gasteiger partial charge in [-0.15, -0.1) is 0 Å². The summed E-state index contributed by atoms with van der Waals surface area (Å²) in [6.45, 7) is 8.81. The molecule has 0 aromatic heterocycles. The summed E-state index contributed by atoms with van der Waals surface area (Å²) in [6, 6.07) is 35.0. The van der Waals surface area contributed by atoms with Gasteiger partial charge >= 0.3 is 18.2 Å². The Bertz CT molecular complexity index is 1850. The number of hydrogen-bond acceptors (Lipinski definition) is 7. The summed E-state index contributed by atoms with van der Waals surface area (Å²) < 4.78 is 15.6. The monoisotopic (exact) mass is 732 g/mol. The lowest BCUT2D eigenvalue weighted by atomic mass is 9.82. The summed E-state index contributed by atoms with van der Waals surface area (Å²) in [4.78, 5) is 48.6. The lowest BCUT2D eigenvalue weighted by Crippen LogP contribution is -2.48. The van der Waals surface area contributed by atoms with Crippen LogP contribution in [0.3, 0.4) is 0 Å². The molecule has 2 amide bonds. The van der Waals surface area contributed by atoms with Crippen molar-refractivity contribution in [2.45, 2.75) is 89.5 Å². The molecule has 4 aromatic rings. The maximum atomic E-state index is 12.6. The lowest BCUT2D eigenvalue weighted by molar-refractivity contribution is -0.142. The van der Waals surface area contributed by atoms with Crippen molar-refractivity contribution >= 4 is 24.4 Å². The molecule has 0 spiro atoms. The topological polar surface area (TPSA) is 120 Å². The quantitative estimate of drug-likeness (QED) is 0.0574. The molecule has 2 N–H and O–H groups in total. The molecule has 54 heavy (non-hydrogen) atoms. The predicted molar refractivity (Wildman–Crippen MR) is 210 cm³/mol. The average molecular weight is 733 g/mol. The van der Waals surface area contributed by atoms with Crippen LogP contribution in [0.2, 0.25) is 0 Å². The van der Waals surface area contributed by atoms with E-state index in [1.54, 1.807) is 6.07 Å². The predicted octanol–water partition coefficient (Wildman–Crippen LogP) is 9.37. The molecule has 1 atom stereocenters. The zero-order chi connectivity index (χ0) is 39.0. The number of hydrogen-bond donors (Lipinski definition) is 2. The first-order chi connectivity index (χ1) is 26.0. The fraction of sp³-hybridized carbons (Fsp3) is 0.333. The summed E-state index contributed by atoms with van der Waals surface area (Å²) in [5.41, 5.74) is 4.26. The van der Waals surface area contributed by atoms with E-state index in [4.69, 9.17) is 14.2 Å². The number of aldehydes is 1. The van der Waals surface area contributed by atoms with Gasteiger partial charge in [-0.1, -0.05) is 149 Å². The molecule has 1 aliphatic carbocycles. The van der Waals surface area contributed by atoms with E-state index in [1.165, 1.54) is 12.7 Å². The first-order valence-corrected chi connectivity index (χ1v) is 18.3. The minimum absolute atomic E-state index is 0.0775. The van der Waals surface area contributed by atoms with Crippen molar-refractivity contribution in [2.24, 2.45) is 0 Å². The summed E-state index contributed by atoms with van der Waals surface area (Å²) >= 11 is 0. The molecule has 4 aromatic carbocycles. The third kappa shape index (κ3) is 11.7. The molecule has 0 saturated heterocycles. The molecule has 1 aliphatic rings. The number of nitrogens with one attached hydrogen (secondary N) is 2. The van der Waals surface area contributed by atoms with Crippen LogP contribution in [0.5, 0.6) is 0 Å². The van der Waals surface area contributed by atoms with Crippen LogP contribution in [0, 0.1) is 0 Å². The largest absolute Gasteiger partial charge is 0.469 e. The van der Waals surface area contributed by atoms with Crippen LogP contribution in [-0.4, -0.2) is 31.6 Å². The van der Waals surface area contributed by atoms with Gasteiger partial charge in [0.25, 0.3) is 0 Å². The Balaban J connectivity index is 0.000000243. The van der Waals surface area contributed by atoms with Crippen molar-refractivity contribution in [3.8, 4) is 0 Å². The molecular weight excluding hydrogens is 681 g/mol. The molecule has 0 radical (unpaired) electrons. The minimum atomic E-state index is -1.26. The minimum Gasteiger partial charge on any atom is -0.469 e. The maximum Gasteiger partial charge on any atom is 0.408 e. The molecular formula is C45H52N2O7. The first kappa shape index (κ1) is 41.1. The molecule has 9 heteroatoms. The molecule has 284 valence electrons. The number of esters is 1. The van der Waals surface area contributed by atoms with Crippen molar-refractivity contribution in [1.29, 1.82) is 0 Å². The van der Waals surface area contributed by atoms with E-state index < -0.39 is 23.1 Å². The van der Waals surface area contributed by atoms with E-state index in [0.717, 1.165) is 35.1 Å². The van der Waals surface area contributed by atoms with E-state index in [1.807, 2.05) is 92.7 Å². The van der Waals surface area contributed by atoms with E-state index >= 15 is 0 Å². The Morgan fingerprint density at radius 2 is 1.26 bits per heavy atom. The van der Waals surface area contributed by atoms with Gasteiger partial charge in [0.2, 0.25) is 0 Å². The molecule has 9 nitrogen and oxygen atoms in total. The number of alkyl carbamates (subject to hydrolysis) is 2. The van der Waals surface area contributed by atoms with Crippen molar-refractivity contribution in [3.63, 3.8) is 0 Å². The van der Waals surface area contributed by atoms with Crippen LogP contribution in [0.1, 0.15) is 98.6 Å². The summed E-state index contributed by atoms with van der Waals surface area (Å²) in [6.07, 6.45) is 5.14. The van der Waals surface area contributed by atoms with E-state index in [0.29, 0.717) is 17.8 Å². The Hall–Kier alpha value is -5.70. The van der Waals surface area contributed by atoms with Gasteiger partial charge in [0.05, 0.1) is 24.6 Å². The third-order valence-electron chi connectivity index (χ3n) is 9.52. The fourth-order valence-corrected chi connectivity index (χ4v) is 6.28. The zero-order valence-corrected chi connectivity index (χ0v) is 31.9. The van der Waals surface area contributed by atoms with Crippen LogP contribution in [0.25, 0.3) is 0 Å². The highest BCUT2D eigenvalue weighted by atomic mass is 16.6. The SMILES string of the molecule is CC(C)c1cccc(C2(NC(=O)OCc3ccccc3)CC=CC2)c1.COC(=O)CC(CC=O)(NC(=O)OCc1ccccc1)c1cccc(C(C)C)c1. The first-order valence-electron chi connectivity index (χ1n) is 18.3. The Morgan fingerprint density at radius 1 is 0.722 bits per heavy atom. The van der Waals surface area contributed by atoms with Gasteiger partial charge in [-0.2, -0.15) is 0 Å². The van der Waals surface area contributed by atoms with Crippen molar-refractivity contribution < 1.29 is 33.4 Å². The normalized spacial score (nSPS) is 13.9. The summed E-state index contributed by atoms with van der Waals surface area (Å²) in [5, 5.41) is 5.88. The highest BCUT2D eigenvalue weighted by molar-refractivity contribution is 5.76. The smallest absolute Gasteiger partial charge is 0.408 e. The van der Waals surface area contributed by atoms with Crippen LogP contribution in [0.4, 0.5) is 9.59 Å². The Morgan fingerprint density at radius 3 is 1.80 bits per heavy atom. The highest BCUT2D eigenvalue weighted by Gasteiger charge is 2.38. The van der Waals surface area contributed by atoms with Crippen LogP contribution in [-0.2, 0) is 48.1 Å². The van der Waals surface area contributed by atoms with Gasteiger partial charge in [-0.25, -0.2) is 9.59 Å². The average Bonchev–Trinajstić information content (AvgIpc) is 3.67. The molecule has 0 bridgehead atoms. The standard InChI is InChI=1S/C23H27NO5.C22H25NO2/c1-17(2)19-10-7-11-20(14-19)23(12-13-25,15-21(26)28-3)24-22(27)29-16-18-8-5-4-6-9-18;1-17(2)19-11-8-12-20(15-19)22(13-6-7-14-22)23-21(24)25-16-18-9-4-3-5-10-18/h4-11,13-14,17H,12,15-16H2,1-3H3,(H,24,27);3-12,15,17H,13-14,16H2,1-2H3,(H,23,24). The van der Waals surface area contributed by atoms with Crippen molar-refractivity contribution in [2.75, 3.05) is 7.11 Å². The van der Waals surface area contributed by atoms with Gasteiger partial charge in [-0.3, -0.25) is 4.79 Å². The number of amides is 2. The number of carbonyl (C=O) groups excluding carboxylic acids is 4. The summed E-state index contributed by atoms with van der Waals surface area (Å²) in [5.74, 6) is 0.161. The molecule has 0 saturated carbocycles. The fourth-order valence-electron chi connectivity index (χ4n) is 6.28. The van der Waals surface area contributed by atoms with Crippen molar-refractivity contribution in [3.05, 3.63) is 155 Å². The van der Waals surface area contributed by atoms with E-state index in [9.17, 15) is 19.2 Å². The molecule has 0 heterocycles. The Labute approximate surface area is 319 Å². The molecule has 5 rings (SSSR count). The van der Waals surface area contributed by atoms with E-state index in [-0.39, 0.29) is 38.1 Å². The van der Waals surface area contributed by atoms with Gasteiger partial charge in [0.15, 0.2) is 0 Å². The molecule has 1 unspecified atom stereocenters. The van der Waals surface area contributed by atoms with Crippen LogP contribution >= 0.6 is 0 Å². The van der Waals surface area contributed by atoms with Gasteiger partial charge in [0.1, 0.15) is 19.5 Å². The van der Waals surface area contributed by atoms with E-state index in [2.05, 4.69) is 60.9 Å². The number of methoxy groups -OCH3 is 1. The number of carbonyl (C=O) groups is 4. The lowest BCUT2D eigenvalue weighted by Gasteiger charge is -2.33.